The largest absolute Gasteiger partial charge is 0.295 e. The van der Waals surface area contributed by atoms with Crippen molar-refractivity contribution in [3.8, 4) is 0 Å². The molecule has 0 fully saturated rings. The third-order valence-corrected chi connectivity index (χ3v) is 5.78. The summed E-state index contributed by atoms with van der Waals surface area (Å²) in [7, 11) is -1.41. The molecule has 0 radical (unpaired) electrons. The summed E-state index contributed by atoms with van der Waals surface area (Å²) in [5, 5.41) is 1.18. The van der Waals surface area contributed by atoms with Crippen LogP contribution in [0.5, 0.6) is 0 Å². The minimum atomic E-state index is -1.41. The van der Waals surface area contributed by atoms with Gasteiger partial charge in [0, 0.05) is 5.92 Å². The zero-order valence-electron chi connectivity index (χ0n) is 10.5. The Labute approximate surface area is 98.7 Å². The second-order valence-electron chi connectivity index (χ2n) is 5.44. The fourth-order valence-corrected chi connectivity index (χ4v) is 4.34. The van der Waals surface area contributed by atoms with Crippen LogP contribution in [0.1, 0.15) is 13.3 Å². The Kier molecular flexibility index (Phi) is 4.24. The van der Waals surface area contributed by atoms with Crippen LogP contribution in [0.3, 0.4) is 0 Å². The molecule has 0 saturated heterocycles. The summed E-state index contributed by atoms with van der Waals surface area (Å²) >= 11 is 1.84. The van der Waals surface area contributed by atoms with Gasteiger partial charge in [-0.3, -0.25) is 4.79 Å². The second kappa shape index (κ2) is 4.87. The molecule has 0 heterocycles. The van der Waals surface area contributed by atoms with E-state index in [2.05, 4.69) is 38.9 Å². The predicted molar refractivity (Wildman–Crippen MR) is 72.1 cm³/mol. The van der Waals surface area contributed by atoms with Crippen LogP contribution in [0.4, 0.5) is 0 Å². The quantitative estimate of drug-likeness (QED) is 0.703. The van der Waals surface area contributed by atoms with E-state index in [-0.39, 0.29) is 5.92 Å². The lowest BCUT2D eigenvalue weighted by molar-refractivity contribution is -0.118. The lowest BCUT2D eigenvalue weighted by atomic mass is 9.94. The van der Waals surface area contributed by atoms with Gasteiger partial charge >= 0.3 is 0 Å². The minimum Gasteiger partial charge on any atom is -0.295 e. The first-order chi connectivity index (χ1) is 6.88. The van der Waals surface area contributed by atoms with Crippen LogP contribution in [0, 0.1) is 11.8 Å². The summed E-state index contributed by atoms with van der Waals surface area (Å²) in [6.07, 6.45) is 5.40. The van der Waals surface area contributed by atoms with Crippen molar-refractivity contribution in [2.45, 2.75) is 33.0 Å². The highest BCUT2D eigenvalue weighted by Crippen LogP contribution is 2.34. The Morgan fingerprint density at radius 1 is 1.40 bits per heavy atom. The SMILES string of the molecule is CSCC[C@H]1C(=O)C([Si](C)(C)C)=C[C@@H]1C. The Bertz CT molecular complexity index is 278. The first-order valence-electron chi connectivity index (χ1n) is 5.63. The number of ketones is 1. The number of Topliss-reactive ketones (excluding diaryl/α,β-unsaturated/α-hetero) is 1. The Morgan fingerprint density at radius 3 is 2.40 bits per heavy atom. The molecule has 0 unspecified atom stereocenters. The van der Waals surface area contributed by atoms with Crippen molar-refractivity contribution < 1.29 is 4.79 Å². The Balaban J connectivity index is 2.74. The van der Waals surface area contributed by atoms with Gasteiger partial charge in [-0.2, -0.15) is 11.8 Å². The van der Waals surface area contributed by atoms with Crippen molar-refractivity contribution in [2.24, 2.45) is 11.8 Å². The molecule has 0 aromatic carbocycles. The van der Waals surface area contributed by atoms with Gasteiger partial charge in [0.25, 0.3) is 0 Å². The summed E-state index contributed by atoms with van der Waals surface area (Å²) in [5.41, 5.74) is 0. The highest BCUT2D eigenvalue weighted by Gasteiger charge is 2.38. The molecule has 1 rings (SSSR count). The van der Waals surface area contributed by atoms with E-state index in [9.17, 15) is 4.79 Å². The maximum Gasteiger partial charge on any atom is 0.158 e. The second-order valence-corrected chi connectivity index (χ2v) is 11.5. The molecule has 1 aliphatic carbocycles. The maximum atomic E-state index is 12.2. The van der Waals surface area contributed by atoms with Gasteiger partial charge in [-0.25, -0.2) is 0 Å². The van der Waals surface area contributed by atoms with Gasteiger partial charge in [0.05, 0.1) is 8.07 Å². The molecule has 0 aromatic heterocycles. The average molecular weight is 242 g/mol. The fraction of sp³-hybridized carbons (Fsp3) is 0.750. The van der Waals surface area contributed by atoms with Crippen LogP contribution in [-0.4, -0.2) is 25.9 Å². The molecular formula is C12H22OSSi. The predicted octanol–water partition coefficient (Wildman–Crippen LogP) is 3.38. The molecular weight excluding hydrogens is 220 g/mol. The highest BCUT2D eigenvalue weighted by atomic mass is 32.2. The molecule has 0 N–H and O–H groups in total. The Morgan fingerprint density at radius 2 is 2.00 bits per heavy atom. The van der Waals surface area contributed by atoms with Crippen LogP contribution in [0.25, 0.3) is 0 Å². The van der Waals surface area contributed by atoms with Crippen molar-refractivity contribution >= 4 is 25.6 Å². The van der Waals surface area contributed by atoms with Crippen molar-refractivity contribution in [3.05, 3.63) is 11.3 Å². The zero-order valence-corrected chi connectivity index (χ0v) is 12.3. The normalized spacial score (nSPS) is 27.0. The van der Waals surface area contributed by atoms with E-state index >= 15 is 0 Å². The van der Waals surface area contributed by atoms with Crippen LogP contribution in [0.15, 0.2) is 11.3 Å². The van der Waals surface area contributed by atoms with Crippen molar-refractivity contribution in [3.63, 3.8) is 0 Å². The van der Waals surface area contributed by atoms with Crippen LogP contribution >= 0.6 is 11.8 Å². The molecule has 0 spiro atoms. The molecule has 3 heteroatoms. The van der Waals surface area contributed by atoms with Gasteiger partial charge in [0.2, 0.25) is 0 Å². The first-order valence-corrected chi connectivity index (χ1v) is 10.5. The zero-order chi connectivity index (χ0) is 11.6. The molecule has 0 aliphatic heterocycles. The van der Waals surface area contributed by atoms with Gasteiger partial charge in [0.1, 0.15) is 0 Å². The molecule has 0 aromatic rings. The van der Waals surface area contributed by atoms with E-state index in [1.807, 2.05) is 11.8 Å². The van der Waals surface area contributed by atoms with Gasteiger partial charge in [-0.15, -0.1) is 0 Å². The number of hydrogen-bond acceptors (Lipinski definition) is 2. The maximum absolute atomic E-state index is 12.2. The molecule has 15 heavy (non-hydrogen) atoms. The first kappa shape index (κ1) is 13.0. The Hall–Kier alpha value is -0.0231. The summed E-state index contributed by atoms with van der Waals surface area (Å²) < 4.78 is 0. The molecule has 0 bridgehead atoms. The molecule has 0 saturated carbocycles. The topological polar surface area (TPSA) is 17.1 Å². The lowest BCUT2D eigenvalue weighted by Crippen LogP contribution is -2.30. The molecule has 86 valence electrons. The van der Waals surface area contributed by atoms with Gasteiger partial charge in [-0.05, 0) is 29.5 Å². The molecule has 1 nitrogen and oxygen atoms in total. The number of carbonyl (C=O) groups excluding carboxylic acids is 1. The van der Waals surface area contributed by atoms with Crippen molar-refractivity contribution in [2.75, 3.05) is 12.0 Å². The van der Waals surface area contributed by atoms with E-state index in [0.717, 1.165) is 12.2 Å². The summed E-state index contributed by atoms with van der Waals surface area (Å²) in [4.78, 5) is 12.2. The van der Waals surface area contributed by atoms with Crippen LogP contribution in [0.2, 0.25) is 19.6 Å². The number of hydrogen-bond donors (Lipinski definition) is 0. The lowest BCUT2D eigenvalue weighted by Gasteiger charge is -2.18. The average Bonchev–Trinajstić information content (AvgIpc) is 2.39. The third kappa shape index (κ3) is 2.97. The van der Waals surface area contributed by atoms with Crippen LogP contribution in [-0.2, 0) is 4.79 Å². The van der Waals surface area contributed by atoms with Crippen molar-refractivity contribution in [1.29, 1.82) is 0 Å². The highest BCUT2D eigenvalue weighted by molar-refractivity contribution is 7.98. The fourth-order valence-electron chi connectivity index (χ4n) is 2.16. The summed E-state index contributed by atoms with van der Waals surface area (Å²) in [6, 6.07) is 0. The van der Waals surface area contributed by atoms with E-state index < -0.39 is 8.07 Å². The van der Waals surface area contributed by atoms with Crippen LogP contribution < -0.4 is 0 Å². The third-order valence-electron chi connectivity index (χ3n) is 3.11. The molecule has 1 aliphatic rings. The smallest absolute Gasteiger partial charge is 0.158 e. The minimum absolute atomic E-state index is 0.277. The van der Waals surface area contributed by atoms with Gasteiger partial charge in [0.15, 0.2) is 5.78 Å². The molecule has 0 amide bonds. The summed E-state index contributed by atoms with van der Waals surface area (Å²) in [6.45, 7) is 8.98. The number of rotatable bonds is 4. The van der Waals surface area contributed by atoms with E-state index in [4.69, 9.17) is 0 Å². The van der Waals surface area contributed by atoms with E-state index in [0.29, 0.717) is 11.7 Å². The van der Waals surface area contributed by atoms with E-state index in [1.165, 1.54) is 5.20 Å². The van der Waals surface area contributed by atoms with Gasteiger partial charge < -0.3 is 0 Å². The standard InChI is InChI=1S/C12H22OSSi/c1-9-8-11(15(3,4)5)12(13)10(9)6-7-14-2/h8-10H,6-7H2,1-5H3/t9-,10+/m0/s1. The summed E-state index contributed by atoms with van der Waals surface area (Å²) in [5.74, 6) is 2.30. The number of allylic oxidation sites excluding steroid dienone is 2. The van der Waals surface area contributed by atoms with E-state index in [1.54, 1.807) is 0 Å². The van der Waals surface area contributed by atoms with Crippen molar-refractivity contribution in [1.82, 2.24) is 0 Å². The molecule has 2 atom stereocenters. The number of thioether (sulfide) groups is 1. The van der Waals surface area contributed by atoms with Gasteiger partial charge in [-0.1, -0.05) is 32.6 Å². The number of carbonyl (C=O) groups is 1. The monoisotopic (exact) mass is 242 g/mol.